The van der Waals surface area contributed by atoms with Gasteiger partial charge in [-0.15, -0.1) is 0 Å². The molecule has 1 heterocycles. The van der Waals surface area contributed by atoms with Crippen molar-refractivity contribution in [1.82, 2.24) is 4.98 Å². The van der Waals surface area contributed by atoms with Gasteiger partial charge >= 0.3 is 0 Å². The summed E-state index contributed by atoms with van der Waals surface area (Å²) in [7, 11) is 0. The van der Waals surface area contributed by atoms with Gasteiger partial charge in [0, 0.05) is 17.3 Å². The van der Waals surface area contributed by atoms with Crippen molar-refractivity contribution >= 4 is 11.6 Å². The lowest BCUT2D eigenvalue weighted by Gasteiger charge is -2.07. The molecule has 0 saturated carbocycles. The van der Waals surface area contributed by atoms with E-state index in [1.807, 2.05) is 50.2 Å². The van der Waals surface area contributed by atoms with Crippen LogP contribution in [0.1, 0.15) is 23.0 Å². The molecule has 0 radical (unpaired) electrons. The van der Waals surface area contributed by atoms with Crippen LogP contribution >= 0.6 is 0 Å². The molecule has 5 nitrogen and oxygen atoms in total. The van der Waals surface area contributed by atoms with Crippen molar-refractivity contribution in [3.63, 3.8) is 0 Å². The van der Waals surface area contributed by atoms with E-state index in [4.69, 9.17) is 9.15 Å². The van der Waals surface area contributed by atoms with Crippen molar-refractivity contribution in [2.45, 2.75) is 13.8 Å². The number of oxazole rings is 1. The van der Waals surface area contributed by atoms with Crippen LogP contribution < -0.4 is 10.1 Å². The molecule has 1 aromatic heterocycles. The van der Waals surface area contributed by atoms with Gasteiger partial charge in [-0.3, -0.25) is 4.79 Å². The second-order valence-corrected chi connectivity index (χ2v) is 5.31. The van der Waals surface area contributed by atoms with Crippen molar-refractivity contribution < 1.29 is 13.9 Å². The number of hydrogen-bond acceptors (Lipinski definition) is 4. The standard InChI is InChI=1S/C19H18N2O3/c1-3-23-16-9-5-8-15(11-16)21-19(22)17-18(24-12-20-17)14-7-4-6-13(2)10-14/h4-12H,3H2,1-2H3,(H,21,22). The van der Waals surface area contributed by atoms with E-state index >= 15 is 0 Å². The van der Waals surface area contributed by atoms with E-state index in [2.05, 4.69) is 10.3 Å². The van der Waals surface area contributed by atoms with Crippen LogP contribution in [0.5, 0.6) is 5.75 Å². The van der Waals surface area contributed by atoms with Gasteiger partial charge in [0.1, 0.15) is 5.75 Å². The topological polar surface area (TPSA) is 64.4 Å². The molecule has 0 fully saturated rings. The molecule has 0 bridgehead atoms. The Labute approximate surface area is 140 Å². The molecule has 0 atom stereocenters. The van der Waals surface area contributed by atoms with E-state index in [1.54, 1.807) is 12.1 Å². The number of aryl methyl sites for hydroxylation is 1. The number of ether oxygens (including phenoxy) is 1. The lowest BCUT2D eigenvalue weighted by molar-refractivity contribution is 0.102. The summed E-state index contributed by atoms with van der Waals surface area (Å²) in [6.07, 6.45) is 1.28. The number of carbonyl (C=O) groups excluding carboxylic acids is 1. The zero-order chi connectivity index (χ0) is 16.9. The van der Waals surface area contributed by atoms with E-state index in [-0.39, 0.29) is 11.6 Å². The molecule has 0 aliphatic carbocycles. The molecule has 1 amide bonds. The van der Waals surface area contributed by atoms with E-state index in [9.17, 15) is 4.79 Å². The van der Waals surface area contributed by atoms with E-state index in [0.29, 0.717) is 23.8 Å². The fourth-order valence-electron chi connectivity index (χ4n) is 2.42. The van der Waals surface area contributed by atoms with Gasteiger partial charge in [-0.05, 0) is 32.0 Å². The fraction of sp³-hybridized carbons (Fsp3) is 0.158. The van der Waals surface area contributed by atoms with Gasteiger partial charge in [-0.1, -0.05) is 29.8 Å². The average Bonchev–Trinajstić information content (AvgIpc) is 3.05. The zero-order valence-electron chi connectivity index (χ0n) is 13.6. The Morgan fingerprint density at radius 3 is 2.83 bits per heavy atom. The highest BCUT2D eigenvalue weighted by atomic mass is 16.5. The number of amides is 1. The summed E-state index contributed by atoms with van der Waals surface area (Å²) in [6.45, 7) is 4.46. The average molecular weight is 322 g/mol. The van der Waals surface area contributed by atoms with Crippen LogP contribution in [0, 0.1) is 6.92 Å². The Morgan fingerprint density at radius 1 is 1.21 bits per heavy atom. The van der Waals surface area contributed by atoms with Crippen LogP contribution in [0.25, 0.3) is 11.3 Å². The largest absolute Gasteiger partial charge is 0.494 e. The summed E-state index contributed by atoms with van der Waals surface area (Å²) in [5, 5.41) is 2.83. The molecule has 24 heavy (non-hydrogen) atoms. The first-order valence-corrected chi connectivity index (χ1v) is 7.72. The maximum absolute atomic E-state index is 12.5. The normalized spacial score (nSPS) is 10.4. The Balaban J connectivity index is 1.84. The van der Waals surface area contributed by atoms with Crippen molar-refractivity contribution in [2.24, 2.45) is 0 Å². The predicted molar refractivity (Wildman–Crippen MR) is 92.2 cm³/mol. The number of benzene rings is 2. The van der Waals surface area contributed by atoms with E-state index in [0.717, 1.165) is 11.1 Å². The molecule has 0 unspecified atom stereocenters. The maximum atomic E-state index is 12.5. The summed E-state index contributed by atoms with van der Waals surface area (Å²) in [6, 6.07) is 15.0. The molecular weight excluding hydrogens is 304 g/mol. The number of hydrogen-bond donors (Lipinski definition) is 1. The molecule has 3 rings (SSSR count). The Hall–Kier alpha value is -3.08. The van der Waals surface area contributed by atoms with Crippen LogP contribution in [0.3, 0.4) is 0 Å². The number of rotatable bonds is 5. The van der Waals surface area contributed by atoms with Crippen LogP contribution in [-0.4, -0.2) is 17.5 Å². The van der Waals surface area contributed by atoms with Gasteiger partial charge < -0.3 is 14.5 Å². The van der Waals surface area contributed by atoms with Crippen LogP contribution in [0.15, 0.2) is 59.3 Å². The summed E-state index contributed by atoms with van der Waals surface area (Å²) < 4.78 is 10.9. The quantitative estimate of drug-likeness (QED) is 0.760. The van der Waals surface area contributed by atoms with Crippen molar-refractivity contribution in [1.29, 1.82) is 0 Å². The smallest absolute Gasteiger partial charge is 0.278 e. The molecule has 1 N–H and O–H groups in total. The minimum Gasteiger partial charge on any atom is -0.494 e. The van der Waals surface area contributed by atoms with Crippen LogP contribution in [0.4, 0.5) is 5.69 Å². The molecule has 0 spiro atoms. The number of carbonyl (C=O) groups is 1. The number of nitrogens with zero attached hydrogens (tertiary/aromatic N) is 1. The highest BCUT2D eigenvalue weighted by Crippen LogP contribution is 2.25. The summed E-state index contributed by atoms with van der Waals surface area (Å²) >= 11 is 0. The maximum Gasteiger partial charge on any atom is 0.278 e. The molecule has 2 aromatic carbocycles. The molecule has 5 heteroatoms. The first-order valence-electron chi connectivity index (χ1n) is 7.72. The number of aromatic nitrogens is 1. The molecule has 0 aliphatic heterocycles. The van der Waals surface area contributed by atoms with Crippen molar-refractivity contribution in [3.05, 3.63) is 66.2 Å². The second-order valence-electron chi connectivity index (χ2n) is 5.31. The van der Waals surface area contributed by atoms with E-state index in [1.165, 1.54) is 6.39 Å². The third-order valence-electron chi connectivity index (χ3n) is 3.47. The number of nitrogens with one attached hydrogen (secondary N) is 1. The zero-order valence-corrected chi connectivity index (χ0v) is 13.6. The fourth-order valence-corrected chi connectivity index (χ4v) is 2.42. The minimum absolute atomic E-state index is 0.252. The third kappa shape index (κ3) is 3.46. The summed E-state index contributed by atoms with van der Waals surface area (Å²) in [4.78, 5) is 16.6. The van der Waals surface area contributed by atoms with Gasteiger partial charge in [0.2, 0.25) is 0 Å². The predicted octanol–water partition coefficient (Wildman–Crippen LogP) is 4.30. The second kappa shape index (κ2) is 7.00. The molecule has 0 aliphatic rings. The first kappa shape index (κ1) is 15.8. The molecule has 122 valence electrons. The Morgan fingerprint density at radius 2 is 2.04 bits per heavy atom. The monoisotopic (exact) mass is 322 g/mol. The molecule has 0 saturated heterocycles. The summed E-state index contributed by atoms with van der Waals surface area (Å²) in [5.41, 5.74) is 2.80. The van der Waals surface area contributed by atoms with Gasteiger partial charge in [-0.25, -0.2) is 4.98 Å². The number of anilines is 1. The summed E-state index contributed by atoms with van der Waals surface area (Å²) in [5.74, 6) is 0.834. The van der Waals surface area contributed by atoms with Gasteiger partial charge in [0.05, 0.1) is 6.61 Å². The Bertz CT molecular complexity index is 855. The van der Waals surface area contributed by atoms with Gasteiger partial charge in [0.15, 0.2) is 17.8 Å². The SMILES string of the molecule is CCOc1cccc(NC(=O)c2ncoc2-c2cccc(C)c2)c1. The minimum atomic E-state index is -0.325. The van der Waals surface area contributed by atoms with Crippen molar-refractivity contribution in [3.8, 4) is 17.1 Å². The third-order valence-corrected chi connectivity index (χ3v) is 3.47. The van der Waals surface area contributed by atoms with Gasteiger partial charge in [0.25, 0.3) is 5.91 Å². The van der Waals surface area contributed by atoms with Crippen LogP contribution in [0.2, 0.25) is 0 Å². The van der Waals surface area contributed by atoms with Crippen molar-refractivity contribution in [2.75, 3.05) is 11.9 Å². The first-order chi connectivity index (χ1) is 11.7. The highest BCUT2D eigenvalue weighted by Gasteiger charge is 2.18. The van der Waals surface area contributed by atoms with E-state index < -0.39 is 0 Å². The highest BCUT2D eigenvalue weighted by molar-refractivity contribution is 6.06. The Kier molecular flexibility index (Phi) is 4.61. The lowest BCUT2D eigenvalue weighted by Crippen LogP contribution is -2.13. The van der Waals surface area contributed by atoms with Gasteiger partial charge in [-0.2, -0.15) is 0 Å². The lowest BCUT2D eigenvalue weighted by atomic mass is 10.1. The molecule has 3 aromatic rings. The molecular formula is C19H18N2O3. The van der Waals surface area contributed by atoms with Crippen LogP contribution in [-0.2, 0) is 0 Å².